The minimum atomic E-state index is -4.64. The molecule has 0 spiro atoms. The van der Waals surface area contributed by atoms with E-state index in [4.69, 9.17) is 11.6 Å². The number of carboxylic acids is 1. The van der Waals surface area contributed by atoms with Crippen molar-refractivity contribution >= 4 is 17.6 Å². The zero-order valence-electron chi connectivity index (χ0n) is 16.2. The van der Waals surface area contributed by atoms with Gasteiger partial charge in [0.2, 0.25) is 0 Å². The first-order chi connectivity index (χ1) is 14.1. The molecule has 0 aliphatic heterocycles. The van der Waals surface area contributed by atoms with Gasteiger partial charge in [-0.1, -0.05) is 29.8 Å². The van der Waals surface area contributed by atoms with Crippen molar-refractivity contribution in [1.82, 2.24) is 14.7 Å². The van der Waals surface area contributed by atoms with Gasteiger partial charge in [0.15, 0.2) is 5.69 Å². The van der Waals surface area contributed by atoms with Gasteiger partial charge < -0.3 is 10.0 Å². The van der Waals surface area contributed by atoms with Crippen molar-refractivity contribution in [3.8, 4) is 16.9 Å². The Morgan fingerprint density at radius 2 is 1.87 bits per heavy atom. The van der Waals surface area contributed by atoms with E-state index in [0.717, 1.165) is 10.7 Å². The van der Waals surface area contributed by atoms with Gasteiger partial charge >= 0.3 is 12.1 Å². The highest BCUT2D eigenvalue weighted by atomic mass is 35.5. The monoisotopic (exact) mass is 437 g/mol. The summed E-state index contributed by atoms with van der Waals surface area (Å²) in [5.41, 5.74) is 0.446. The van der Waals surface area contributed by atoms with E-state index in [-0.39, 0.29) is 16.3 Å². The molecule has 0 atom stereocenters. The molecular formula is C21H19ClF3N3O2. The van der Waals surface area contributed by atoms with E-state index in [0.29, 0.717) is 29.8 Å². The lowest BCUT2D eigenvalue weighted by atomic mass is 9.99. The second kappa shape index (κ2) is 8.49. The first-order valence-corrected chi connectivity index (χ1v) is 9.39. The number of rotatable bonds is 6. The second-order valence-electron chi connectivity index (χ2n) is 7.01. The maximum absolute atomic E-state index is 13.4. The van der Waals surface area contributed by atoms with Crippen molar-refractivity contribution in [1.29, 1.82) is 0 Å². The molecule has 0 aliphatic rings. The predicted molar refractivity (Wildman–Crippen MR) is 108 cm³/mol. The fourth-order valence-corrected chi connectivity index (χ4v) is 3.26. The number of hydrogen-bond donors (Lipinski definition) is 1. The standard InChI is InChI=1S/C21H19ClF3N3O2/c1-27(2)10-9-13-11-14(7-8-15(13)20(29)30)18-12-19(21(23,24)25)26-28(18)17-6-4-3-5-16(17)22/h3-8,11-12H,9-10H2,1-2H3,(H,29,30). The molecule has 5 nitrogen and oxygen atoms in total. The number of halogens is 4. The number of carbonyl (C=O) groups is 1. The molecule has 2 aromatic carbocycles. The molecule has 30 heavy (non-hydrogen) atoms. The molecule has 1 N–H and O–H groups in total. The first kappa shape index (κ1) is 21.9. The van der Waals surface area contributed by atoms with Gasteiger partial charge in [0.05, 0.1) is 22.0 Å². The molecule has 0 radical (unpaired) electrons. The molecule has 1 heterocycles. The molecule has 0 amide bonds. The third-order valence-electron chi connectivity index (χ3n) is 4.54. The highest BCUT2D eigenvalue weighted by molar-refractivity contribution is 6.32. The van der Waals surface area contributed by atoms with E-state index in [1.807, 2.05) is 19.0 Å². The minimum Gasteiger partial charge on any atom is -0.478 e. The number of aromatic nitrogens is 2. The van der Waals surface area contributed by atoms with Crippen molar-refractivity contribution in [2.24, 2.45) is 0 Å². The first-order valence-electron chi connectivity index (χ1n) is 9.01. The average molecular weight is 438 g/mol. The molecule has 158 valence electrons. The summed E-state index contributed by atoms with van der Waals surface area (Å²) in [6.07, 6.45) is -4.22. The fraction of sp³-hybridized carbons (Fsp3) is 0.238. The van der Waals surface area contributed by atoms with Crippen LogP contribution in [-0.4, -0.2) is 46.4 Å². The minimum absolute atomic E-state index is 0.112. The lowest BCUT2D eigenvalue weighted by Crippen LogP contribution is -2.16. The van der Waals surface area contributed by atoms with Crippen LogP contribution in [-0.2, 0) is 12.6 Å². The van der Waals surface area contributed by atoms with Crippen LogP contribution in [0.25, 0.3) is 16.9 Å². The van der Waals surface area contributed by atoms with Crippen molar-refractivity contribution in [3.63, 3.8) is 0 Å². The van der Waals surface area contributed by atoms with E-state index >= 15 is 0 Å². The second-order valence-corrected chi connectivity index (χ2v) is 7.41. The molecule has 0 bridgehead atoms. The molecule has 0 unspecified atom stereocenters. The molecule has 0 saturated carbocycles. The molecule has 1 aromatic heterocycles. The summed E-state index contributed by atoms with van der Waals surface area (Å²) in [6, 6.07) is 11.9. The number of para-hydroxylation sites is 1. The van der Waals surface area contributed by atoms with Crippen LogP contribution in [0.3, 0.4) is 0 Å². The normalized spacial score (nSPS) is 11.8. The number of benzene rings is 2. The summed E-state index contributed by atoms with van der Waals surface area (Å²) < 4.78 is 41.3. The van der Waals surface area contributed by atoms with E-state index in [1.165, 1.54) is 12.1 Å². The van der Waals surface area contributed by atoms with Gasteiger partial charge in [-0.3, -0.25) is 0 Å². The topological polar surface area (TPSA) is 58.4 Å². The van der Waals surface area contributed by atoms with Gasteiger partial charge in [0.1, 0.15) is 0 Å². The van der Waals surface area contributed by atoms with Gasteiger partial charge in [-0.2, -0.15) is 18.3 Å². The summed E-state index contributed by atoms with van der Waals surface area (Å²) in [7, 11) is 3.71. The van der Waals surface area contributed by atoms with Crippen LogP contribution >= 0.6 is 11.6 Å². The third kappa shape index (κ3) is 4.66. The molecule has 0 saturated heterocycles. The lowest BCUT2D eigenvalue weighted by Gasteiger charge is -2.14. The fourth-order valence-electron chi connectivity index (χ4n) is 3.04. The largest absolute Gasteiger partial charge is 0.478 e. The number of likely N-dealkylation sites (N-methyl/N-ethyl adjacent to an activating group) is 1. The number of carboxylic acid groups (broad SMARTS) is 1. The van der Waals surface area contributed by atoms with Gasteiger partial charge in [-0.25, -0.2) is 9.48 Å². The van der Waals surface area contributed by atoms with Gasteiger partial charge in [-0.05, 0) is 56.4 Å². The smallest absolute Gasteiger partial charge is 0.435 e. The van der Waals surface area contributed by atoms with Gasteiger partial charge in [-0.15, -0.1) is 0 Å². The average Bonchev–Trinajstić information content (AvgIpc) is 3.12. The number of alkyl halides is 3. The summed E-state index contributed by atoms with van der Waals surface area (Å²) >= 11 is 6.20. The number of hydrogen-bond acceptors (Lipinski definition) is 3. The summed E-state index contributed by atoms with van der Waals surface area (Å²) in [6.45, 7) is 0.585. The van der Waals surface area contributed by atoms with E-state index in [1.54, 1.807) is 30.3 Å². The Balaban J connectivity index is 2.19. The predicted octanol–water partition coefficient (Wildman–Crippen LogP) is 5.01. The Morgan fingerprint density at radius 3 is 2.47 bits per heavy atom. The summed E-state index contributed by atoms with van der Waals surface area (Å²) in [5.74, 6) is -1.09. The molecule has 3 rings (SSSR count). The van der Waals surface area contributed by atoms with E-state index in [9.17, 15) is 23.1 Å². The molecule has 0 fully saturated rings. The van der Waals surface area contributed by atoms with Gasteiger partial charge in [0.25, 0.3) is 0 Å². The van der Waals surface area contributed by atoms with Crippen molar-refractivity contribution in [3.05, 3.63) is 70.4 Å². The zero-order valence-corrected chi connectivity index (χ0v) is 17.0. The Bertz CT molecular complexity index is 1080. The van der Waals surface area contributed by atoms with Crippen LogP contribution in [0.5, 0.6) is 0 Å². The van der Waals surface area contributed by atoms with Crippen LogP contribution in [0.15, 0.2) is 48.5 Å². The van der Waals surface area contributed by atoms with Crippen LogP contribution in [0, 0.1) is 0 Å². The maximum Gasteiger partial charge on any atom is 0.435 e. The SMILES string of the molecule is CN(C)CCc1cc(-c2cc(C(F)(F)F)nn2-c2ccccc2Cl)ccc1C(=O)O. The van der Waals surface area contributed by atoms with E-state index < -0.39 is 17.8 Å². The van der Waals surface area contributed by atoms with Crippen LogP contribution < -0.4 is 0 Å². The number of nitrogens with zero attached hydrogens (tertiary/aromatic N) is 3. The molecule has 9 heteroatoms. The third-order valence-corrected chi connectivity index (χ3v) is 4.86. The van der Waals surface area contributed by atoms with Crippen molar-refractivity contribution in [2.45, 2.75) is 12.6 Å². The van der Waals surface area contributed by atoms with Crippen molar-refractivity contribution in [2.75, 3.05) is 20.6 Å². The lowest BCUT2D eigenvalue weighted by molar-refractivity contribution is -0.141. The quantitative estimate of drug-likeness (QED) is 0.588. The maximum atomic E-state index is 13.4. The summed E-state index contributed by atoms with van der Waals surface area (Å²) in [4.78, 5) is 13.5. The Morgan fingerprint density at radius 1 is 1.17 bits per heavy atom. The van der Waals surface area contributed by atoms with E-state index in [2.05, 4.69) is 5.10 Å². The molecule has 0 aliphatic carbocycles. The Kier molecular flexibility index (Phi) is 6.19. The Labute approximate surface area is 176 Å². The van der Waals surface area contributed by atoms with Crippen LogP contribution in [0.2, 0.25) is 5.02 Å². The Hall–Kier alpha value is -2.84. The van der Waals surface area contributed by atoms with Crippen LogP contribution in [0.4, 0.5) is 13.2 Å². The van der Waals surface area contributed by atoms with Crippen LogP contribution in [0.1, 0.15) is 21.6 Å². The van der Waals surface area contributed by atoms with Crippen molar-refractivity contribution < 1.29 is 23.1 Å². The highest BCUT2D eigenvalue weighted by Gasteiger charge is 2.35. The molecule has 3 aromatic rings. The summed E-state index contributed by atoms with van der Waals surface area (Å²) in [5, 5.41) is 13.4. The van der Waals surface area contributed by atoms with Gasteiger partial charge in [0, 0.05) is 12.1 Å². The molecular weight excluding hydrogens is 419 g/mol. The zero-order chi connectivity index (χ0) is 22.1. The highest BCUT2D eigenvalue weighted by Crippen LogP contribution is 2.35. The number of aromatic carboxylic acids is 1.